The maximum atomic E-state index is 15.5. The van der Waals surface area contributed by atoms with Gasteiger partial charge in [-0.2, -0.15) is 8.42 Å². The van der Waals surface area contributed by atoms with Crippen LogP contribution < -0.4 is 0 Å². The number of aliphatic hydroxyl groups is 1. The Morgan fingerprint density at radius 2 is 1.92 bits per heavy atom. The zero-order chi connectivity index (χ0) is 26.8. The number of carbonyl (C=O) groups excluding carboxylic acids is 3. The average Bonchev–Trinajstić information content (AvgIpc) is 3.03. The van der Waals surface area contributed by atoms with Gasteiger partial charge in [0, 0.05) is 11.3 Å². The van der Waals surface area contributed by atoms with E-state index in [0.717, 1.165) is 0 Å². The lowest BCUT2D eigenvalue weighted by molar-refractivity contribution is -0.153. The molecule has 0 heterocycles. The minimum atomic E-state index is -4.34. The predicted molar refractivity (Wildman–Crippen MR) is 128 cm³/mol. The molecule has 0 bridgehead atoms. The highest BCUT2D eigenvalue weighted by Crippen LogP contribution is 2.70. The SMILES string of the molecule is C[C@@H]1C[C@H]2[C@@H]3C[C@H](F)C4=CC(=O)C=C[C@]4(C)[C@@]3(Cl)[C@@H](O)C[C@]2(C)[C@H]1C(=O)COC(=O)CCS(=O)(=O)O. The number of rotatable bonds is 6. The molecule has 0 aromatic carbocycles. The Balaban J connectivity index is 1.59. The van der Waals surface area contributed by atoms with Crippen LogP contribution in [0.5, 0.6) is 0 Å². The summed E-state index contributed by atoms with van der Waals surface area (Å²) in [4.78, 5) is 35.9. The van der Waals surface area contributed by atoms with Gasteiger partial charge in [-0.05, 0) is 60.2 Å². The number of esters is 1. The van der Waals surface area contributed by atoms with Gasteiger partial charge in [0.1, 0.15) is 12.8 Å². The van der Waals surface area contributed by atoms with Crippen molar-refractivity contribution in [2.24, 2.45) is 34.5 Å². The summed E-state index contributed by atoms with van der Waals surface area (Å²) < 4.78 is 51.0. The van der Waals surface area contributed by atoms with Crippen LogP contribution in [0.15, 0.2) is 23.8 Å². The van der Waals surface area contributed by atoms with Crippen molar-refractivity contribution in [2.75, 3.05) is 12.4 Å². The zero-order valence-corrected chi connectivity index (χ0v) is 22.0. The second kappa shape index (κ2) is 8.99. The number of ether oxygens (including phenoxy) is 1. The van der Waals surface area contributed by atoms with E-state index < -0.39 is 74.7 Å². The summed E-state index contributed by atoms with van der Waals surface area (Å²) >= 11 is 7.29. The first kappa shape index (κ1) is 27.4. The Morgan fingerprint density at radius 3 is 2.56 bits per heavy atom. The molecule has 4 rings (SSSR count). The molecule has 2 N–H and O–H groups in total. The van der Waals surface area contributed by atoms with Crippen LogP contribution in [0.4, 0.5) is 4.39 Å². The molecule has 200 valence electrons. The first-order chi connectivity index (χ1) is 16.5. The van der Waals surface area contributed by atoms with Crippen LogP contribution >= 0.6 is 11.6 Å². The smallest absolute Gasteiger partial charge is 0.307 e. The second-order valence-electron chi connectivity index (χ2n) is 11.3. The van der Waals surface area contributed by atoms with Gasteiger partial charge < -0.3 is 9.84 Å². The van der Waals surface area contributed by atoms with Gasteiger partial charge in [0.15, 0.2) is 11.6 Å². The molecule has 0 aromatic heterocycles. The van der Waals surface area contributed by atoms with Gasteiger partial charge in [0.2, 0.25) is 0 Å². The summed E-state index contributed by atoms with van der Waals surface area (Å²) in [6, 6.07) is 0. The van der Waals surface area contributed by atoms with E-state index >= 15 is 4.39 Å². The largest absolute Gasteiger partial charge is 0.458 e. The molecule has 3 fully saturated rings. The molecule has 0 amide bonds. The minimum Gasteiger partial charge on any atom is -0.458 e. The quantitative estimate of drug-likeness (QED) is 0.295. The lowest BCUT2D eigenvalue weighted by Gasteiger charge is -2.63. The second-order valence-corrected chi connectivity index (χ2v) is 13.5. The molecule has 0 saturated heterocycles. The summed E-state index contributed by atoms with van der Waals surface area (Å²) in [5, 5.41) is 11.5. The Labute approximate surface area is 215 Å². The third-order valence-electron chi connectivity index (χ3n) is 9.25. The van der Waals surface area contributed by atoms with E-state index in [4.69, 9.17) is 20.9 Å². The van der Waals surface area contributed by atoms with Gasteiger partial charge in [-0.15, -0.1) is 11.6 Å². The number of fused-ring (bicyclic) bond motifs is 5. The number of halogens is 2. The molecule has 9 atom stereocenters. The van der Waals surface area contributed by atoms with E-state index in [0.29, 0.717) is 6.42 Å². The van der Waals surface area contributed by atoms with Crippen molar-refractivity contribution in [3.63, 3.8) is 0 Å². The van der Waals surface area contributed by atoms with Crippen molar-refractivity contribution in [1.82, 2.24) is 0 Å². The summed E-state index contributed by atoms with van der Waals surface area (Å²) in [7, 11) is -4.34. The van der Waals surface area contributed by atoms with Crippen LogP contribution in [0.3, 0.4) is 0 Å². The van der Waals surface area contributed by atoms with E-state index in [9.17, 15) is 27.9 Å². The fourth-order valence-corrected chi connectivity index (χ4v) is 8.70. The van der Waals surface area contributed by atoms with Crippen LogP contribution in [0, 0.1) is 34.5 Å². The van der Waals surface area contributed by atoms with Crippen molar-refractivity contribution < 1.29 is 41.6 Å². The van der Waals surface area contributed by atoms with Gasteiger partial charge in [0.25, 0.3) is 10.1 Å². The minimum absolute atomic E-state index is 0.0294. The molecule has 3 saturated carbocycles. The van der Waals surface area contributed by atoms with Gasteiger partial charge in [0.05, 0.1) is 23.2 Å². The molecule has 11 heteroatoms. The number of hydrogen-bond donors (Lipinski definition) is 2. The predicted octanol–water partition coefficient (Wildman–Crippen LogP) is 2.83. The third-order valence-corrected chi connectivity index (χ3v) is 10.9. The molecule has 8 nitrogen and oxygen atoms in total. The highest BCUT2D eigenvalue weighted by molar-refractivity contribution is 7.85. The van der Waals surface area contributed by atoms with Crippen LogP contribution in [0.1, 0.15) is 46.5 Å². The Hall–Kier alpha value is -1.62. The average molecular weight is 547 g/mol. The number of allylic oxidation sites excluding steroid dienone is 4. The Morgan fingerprint density at radius 1 is 1.25 bits per heavy atom. The molecule has 0 unspecified atom stereocenters. The first-order valence-corrected chi connectivity index (χ1v) is 14.1. The van der Waals surface area contributed by atoms with Crippen LogP contribution in [0.2, 0.25) is 0 Å². The molecule has 4 aliphatic carbocycles. The monoisotopic (exact) mass is 546 g/mol. The number of Topliss-reactive ketones (excluding diaryl/α,β-unsaturated/α-hetero) is 1. The van der Waals surface area contributed by atoms with Gasteiger partial charge in [-0.1, -0.05) is 26.8 Å². The van der Waals surface area contributed by atoms with Crippen molar-refractivity contribution in [3.05, 3.63) is 23.8 Å². The van der Waals surface area contributed by atoms with Crippen molar-refractivity contribution in [2.45, 2.75) is 63.6 Å². The topological polar surface area (TPSA) is 135 Å². The molecule has 4 aliphatic rings. The number of hydrogen-bond acceptors (Lipinski definition) is 7. The molecular weight excluding hydrogens is 515 g/mol. The van der Waals surface area contributed by atoms with Crippen molar-refractivity contribution in [1.29, 1.82) is 0 Å². The Bertz CT molecular complexity index is 1150. The highest BCUT2D eigenvalue weighted by atomic mass is 35.5. The number of aliphatic hydroxyl groups excluding tert-OH is 1. The van der Waals surface area contributed by atoms with Crippen LogP contribution in [-0.2, 0) is 29.2 Å². The summed E-state index contributed by atoms with van der Waals surface area (Å²) in [5.41, 5.74) is -1.52. The molecular formula is C25H32ClFO8S. The van der Waals surface area contributed by atoms with E-state index in [1.54, 1.807) is 13.0 Å². The van der Waals surface area contributed by atoms with Gasteiger partial charge in [-0.3, -0.25) is 18.9 Å². The van der Waals surface area contributed by atoms with E-state index in [1.165, 1.54) is 12.2 Å². The molecule has 36 heavy (non-hydrogen) atoms. The number of ketones is 2. The maximum Gasteiger partial charge on any atom is 0.307 e. The van der Waals surface area contributed by atoms with Gasteiger partial charge >= 0.3 is 5.97 Å². The highest BCUT2D eigenvalue weighted by Gasteiger charge is 2.71. The molecule has 0 radical (unpaired) electrons. The lowest BCUT2D eigenvalue weighted by atomic mass is 9.46. The van der Waals surface area contributed by atoms with E-state index in [1.807, 2.05) is 13.8 Å². The number of carbonyl (C=O) groups is 3. The van der Waals surface area contributed by atoms with Crippen LogP contribution in [-0.4, -0.2) is 65.1 Å². The molecule has 0 spiro atoms. The zero-order valence-electron chi connectivity index (χ0n) is 20.4. The maximum absolute atomic E-state index is 15.5. The molecule has 0 aliphatic heterocycles. The fourth-order valence-electron chi connectivity index (χ4n) is 7.78. The van der Waals surface area contributed by atoms with E-state index in [2.05, 4.69) is 0 Å². The number of alkyl halides is 2. The van der Waals surface area contributed by atoms with E-state index in [-0.39, 0.29) is 41.8 Å². The summed E-state index contributed by atoms with van der Waals surface area (Å²) in [6.45, 7) is 4.99. The van der Waals surface area contributed by atoms with Crippen molar-refractivity contribution >= 4 is 39.3 Å². The summed E-state index contributed by atoms with van der Waals surface area (Å²) in [6.07, 6.45) is 1.94. The van der Waals surface area contributed by atoms with Crippen LogP contribution in [0.25, 0.3) is 0 Å². The standard InChI is InChI=1S/C25H32ClFO8S/c1-13-8-15-16-10-18(27)17-9-14(28)4-6-24(17,3)25(16,26)20(30)11-23(15,2)22(13)19(29)12-35-21(31)5-7-36(32,33)34/h4,6,9,13,15-16,18,20,22,30H,5,7-8,10-12H2,1-3H3,(H,32,33,34)/t13-,15+,16+,18+,20+,22-,23+,24+,25+/m1/s1. The fraction of sp³-hybridized carbons (Fsp3) is 0.720. The van der Waals surface area contributed by atoms with Gasteiger partial charge in [-0.25, -0.2) is 4.39 Å². The third kappa shape index (κ3) is 4.18. The molecule has 0 aromatic rings. The lowest BCUT2D eigenvalue weighted by Crippen LogP contribution is -2.67. The Kier molecular flexibility index (Phi) is 6.85. The normalized spacial score (nSPS) is 43.8. The summed E-state index contributed by atoms with van der Waals surface area (Å²) in [5.74, 6) is -3.79. The van der Waals surface area contributed by atoms with Crippen molar-refractivity contribution in [3.8, 4) is 0 Å². The first-order valence-electron chi connectivity index (χ1n) is 12.1.